The van der Waals surface area contributed by atoms with Crippen molar-refractivity contribution in [3.8, 4) is 0 Å². The van der Waals surface area contributed by atoms with E-state index in [-0.39, 0.29) is 0 Å². The summed E-state index contributed by atoms with van der Waals surface area (Å²) in [5, 5.41) is 8.79. The molecule has 0 aromatic carbocycles. The number of nitrogens with zero attached hydrogens (tertiary/aromatic N) is 1. The summed E-state index contributed by atoms with van der Waals surface area (Å²) in [6.07, 6.45) is 2.20. The molecule has 0 amide bonds. The lowest BCUT2D eigenvalue weighted by Crippen LogP contribution is -1.88. The molecule has 1 heterocycles. The van der Waals surface area contributed by atoms with Crippen molar-refractivity contribution >= 4 is 0 Å². The lowest BCUT2D eigenvalue weighted by Gasteiger charge is -1.92. The highest BCUT2D eigenvalue weighted by Gasteiger charge is 2.00. The third-order valence-electron chi connectivity index (χ3n) is 0.879. The Kier molecular flexibility index (Phi) is 1.30. The fourth-order valence-electron chi connectivity index (χ4n) is 0.428. The molecule has 1 atom stereocenters. The Balaban J connectivity index is 2.77. The van der Waals surface area contributed by atoms with Crippen LogP contribution in [0.25, 0.3) is 0 Å². The van der Waals surface area contributed by atoms with Crippen LogP contribution in [0.5, 0.6) is 0 Å². The molecule has 0 saturated carbocycles. The molecule has 1 aromatic rings. The molecule has 3 heteroatoms. The smallest absolute Gasteiger partial charge is 0.180 e. The van der Waals surface area contributed by atoms with Gasteiger partial charge in [-0.3, -0.25) is 0 Å². The monoisotopic (exact) mass is 113 g/mol. The summed E-state index contributed by atoms with van der Waals surface area (Å²) in [4.78, 5) is 3.70. The summed E-state index contributed by atoms with van der Waals surface area (Å²) in [5.74, 6) is 0. The van der Waals surface area contributed by atoms with E-state index in [9.17, 15) is 0 Å². The van der Waals surface area contributed by atoms with E-state index in [4.69, 9.17) is 5.11 Å². The average molecular weight is 113 g/mol. The molecule has 1 N–H and O–H groups in total. The van der Waals surface area contributed by atoms with E-state index >= 15 is 0 Å². The average Bonchev–Trinajstić information content (AvgIpc) is 2.12. The molecule has 3 nitrogen and oxygen atoms in total. The molecule has 0 aliphatic heterocycles. The van der Waals surface area contributed by atoms with Crippen molar-refractivity contribution < 1.29 is 9.52 Å². The first-order valence-corrected chi connectivity index (χ1v) is 2.37. The van der Waals surface area contributed by atoms with Crippen LogP contribution in [0.15, 0.2) is 17.1 Å². The van der Waals surface area contributed by atoms with Gasteiger partial charge in [-0.05, 0) is 6.92 Å². The van der Waals surface area contributed by atoms with Crippen LogP contribution in [0.4, 0.5) is 0 Å². The summed E-state index contributed by atoms with van der Waals surface area (Å²) in [5.41, 5.74) is 0.574. The second-order valence-corrected chi connectivity index (χ2v) is 1.59. The highest BCUT2D eigenvalue weighted by molar-refractivity contribution is 4.93. The van der Waals surface area contributed by atoms with Gasteiger partial charge in [-0.2, -0.15) is 0 Å². The number of aliphatic hydroxyl groups excluding tert-OH is 1. The van der Waals surface area contributed by atoms with Crippen LogP contribution in [0, 0.1) is 0 Å². The highest BCUT2D eigenvalue weighted by atomic mass is 16.3. The largest absolute Gasteiger partial charge is 0.451 e. The van der Waals surface area contributed by atoms with Gasteiger partial charge in [-0.25, -0.2) is 4.98 Å². The number of rotatable bonds is 1. The fourth-order valence-corrected chi connectivity index (χ4v) is 0.428. The van der Waals surface area contributed by atoms with Crippen LogP contribution in [-0.4, -0.2) is 10.1 Å². The van der Waals surface area contributed by atoms with Crippen molar-refractivity contribution in [2.45, 2.75) is 13.0 Å². The number of aromatic nitrogens is 1. The maximum Gasteiger partial charge on any atom is 0.180 e. The molecule has 1 aromatic heterocycles. The first kappa shape index (κ1) is 5.31. The maximum absolute atomic E-state index is 8.79. The zero-order valence-corrected chi connectivity index (χ0v) is 4.53. The van der Waals surface area contributed by atoms with Crippen molar-refractivity contribution in [1.82, 2.24) is 4.98 Å². The van der Waals surface area contributed by atoms with Crippen molar-refractivity contribution in [1.29, 1.82) is 0 Å². The lowest BCUT2D eigenvalue weighted by atomic mass is 10.3. The predicted molar refractivity (Wildman–Crippen MR) is 27.1 cm³/mol. The first-order valence-electron chi connectivity index (χ1n) is 2.37. The third kappa shape index (κ3) is 0.869. The SMILES string of the molecule is C[C@@H](O)c1cocn1. The Morgan fingerprint density at radius 3 is 2.88 bits per heavy atom. The summed E-state index contributed by atoms with van der Waals surface area (Å²) in [6, 6.07) is 0. The molecule has 0 unspecified atom stereocenters. The Bertz CT molecular complexity index is 145. The Hall–Kier alpha value is -0.830. The summed E-state index contributed by atoms with van der Waals surface area (Å²) < 4.78 is 4.60. The van der Waals surface area contributed by atoms with E-state index in [1.54, 1.807) is 6.92 Å². The second kappa shape index (κ2) is 1.96. The van der Waals surface area contributed by atoms with E-state index in [1.165, 1.54) is 12.7 Å². The molecular formula is C5H7NO2. The molecule has 0 radical (unpaired) electrons. The van der Waals surface area contributed by atoms with Crippen molar-refractivity contribution in [3.63, 3.8) is 0 Å². The maximum atomic E-state index is 8.79. The van der Waals surface area contributed by atoms with E-state index in [0.29, 0.717) is 5.69 Å². The zero-order valence-electron chi connectivity index (χ0n) is 4.53. The molecular weight excluding hydrogens is 106 g/mol. The first-order chi connectivity index (χ1) is 3.80. The summed E-state index contributed by atoms with van der Waals surface area (Å²) >= 11 is 0. The molecule has 0 fully saturated rings. The third-order valence-corrected chi connectivity index (χ3v) is 0.879. The molecule has 0 aliphatic rings. The number of hydrogen-bond donors (Lipinski definition) is 1. The normalized spacial score (nSPS) is 13.8. The van der Waals surface area contributed by atoms with Crippen molar-refractivity contribution in [2.24, 2.45) is 0 Å². The quantitative estimate of drug-likeness (QED) is 0.583. The molecule has 0 bridgehead atoms. The van der Waals surface area contributed by atoms with Gasteiger partial charge in [0.1, 0.15) is 12.0 Å². The van der Waals surface area contributed by atoms with Crippen LogP contribution >= 0.6 is 0 Å². The van der Waals surface area contributed by atoms with Gasteiger partial charge < -0.3 is 9.52 Å². The number of aliphatic hydroxyl groups is 1. The number of oxazole rings is 1. The van der Waals surface area contributed by atoms with Gasteiger partial charge in [-0.1, -0.05) is 0 Å². The Labute approximate surface area is 47.0 Å². The zero-order chi connectivity index (χ0) is 5.98. The van der Waals surface area contributed by atoms with Gasteiger partial charge in [0.05, 0.1) is 6.10 Å². The van der Waals surface area contributed by atoms with Gasteiger partial charge in [0.25, 0.3) is 0 Å². The topological polar surface area (TPSA) is 46.3 Å². The van der Waals surface area contributed by atoms with Gasteiger partial charge >= 0.3 is 0 Å². The summed E-state index contributed by atoms with van der Waals surface area (Å²) in [6.45, 7) is 1.64. The van der Waals surface area contributed by atoms with Gasteiger partial charge in [0.15, 0.2) is 6.39 Å². The highest BCUT2D eigenvalue weighted by Crippen LogP contribution is 2.06. The van der Waals surface area contributed by atoms with E-state index in [1.807, 2.05) is 0 Å². The van der Waals surface area contributed by atoms with Crippen molar-refractivity contribution in [3.05, 3.63) is 18.4 Å². The van der Waals surface area contributed by atoms with Crippen LogP contribution < -0.4 is 0 Å². The Morgan fingerprint density at radius 1 is 1.88 bits per heavy atom. The molecule has 0 saturated heterocycles. The van der Waals surface area contributed by atoms with Crippen molar-refractivity contribution in [2.75, 3.05) is 0 Å². The minimum atomic E-state index is -0.520. The van der Waals surface area contributed by atoms with Gasteiger partial charge in [-0.15, -0.1) is 0 Å². The van der Waals surface area contributed by atoms with Crippen LogP contribution in [0.2, 0.25) is 0 Å². The lowest BCUT2D eigenvalue weighted by molar-refractivity contribution is 0.194. The minimum Gasteiger partial charge on any atom is -0.451 e. The minimum absolute atomic E-state index is 0.520. The molecule has 0 aliphatic carbocycles. The molecule has 8 heavy (non-hydrogen) atoms. The predicted octanol–water partition coefficient (Wildman–Crippen LogP) is 0.728. The molecule has 0 spiro atoms. The van der Waals surface area contributed by atoms with E-state index in [0.717, 1.165) is 0 Å². The summed E-state index contributed by atoms with van der Waals surface area (Å²) in [7, 11) is 0. The van der Waals surface area contributed by atoms with E-state index in [2.05, 4.69) is 9.40 Å². The van der Waals surface area contributed by atoms with Gasteiger partial charge in [0, 0.05) is 0 Å². The van der Waals surface area contributed by atoms with Crippen LogP contribution in [0.1, 0.15) is 18.7 Å². The fraction of sp³-hybridized carbons (Fsp3) is 0.400. The molecule has 1 rings (SSSR count). The van der Waals surface area contributed by atoms with Crippen LogP contribution in [0.3, 0.4) is 0 Å². The molecule has 44 valence electrons. The number of hydrogen-bond acceptors (Lipinski definition) is 3. The second-order valence-electron chi connectivity index (χ2n) is 1.59. The standard InChI is InChI=1S/C5H7NO2/c1-4(7)5-2-8-3-6-5/h2-4,7H,1H3/t4-/m1/s1. The van der Waals surface area contributed by atoms with Gasteiger partial charge in [0.2, 0.25) is 0 Å². The van der Waals surface area contributed by atoms with Crippen LogP contribution in [-0.2, 0) is 0 Å². The van der Waals surface area contributed by atoms with E-state index < -0.39 is 6.10 Å². The Morgan fingerprint density at radius 2 is 2.62 bits per heavy atom.